The Labute approximate surface area is 253 Å². The van der Waals surface area contributed by atoms with Gasteiger partial charge in [-0.25, -0.2) is 8.42 Å². The van der Waals surface area contributed by atoms with Gasteiger partial charge in [-0.2, -0.15) is 4.31 Å². The Morgan fingerprint density at radius 3 is 2.70 bits per heavy atom. The van der Waals surface area contributed by atoms with Crippen LogP contribution in [0.1, 0.15) is 72.7 Å². The van der Waals surface area contributed by atoms with Crippen molar-refractivity contribution in [3.8, 4) is 0 Å². The molecule has 226 valence electrons. The quantitative estimate of drug-likeness (QED) is 0.257. The van der Waals surface area contributed by atoms with E-state index in [9.17, 15) is 13.2 Å². The molecule has 1 fully saturated rings. The van der Waals surface area contributed by atoms with Crippen LogP contribution in [0.2, 0.25) is 0 Å². The molecular weight excluding hydrogens is 562 g/mol. The lowest BCUT2D eigenvalue weighted by atomic mass is 9.85. The van der Waals surface area contributed by atoms with Crippen molar-refractivity contribution in [2.45, 2.75) is 76.8 Å². The number of hydrogen-bond acceptors (Lipinski definition) is 7. The third kappa shape index (κ3) is 5.31. The molecule has 10 heteroatoms. The van der Waals surface area contributed by atoms with Crippen molar-refractivity contribution in [1.29, 1.82) is 0 Å². The number of anilines is 1. The largest absolute Gasteiger partial charge is 0.466 e. The summed E-state index contributed by atoms with van der Waals surface area (Å²) in [5, 5.41) is 8.78. The first-order valence-electron chi connectivity index (χ1n) is 15.2. The van der Waals surface area contributed by atoms with Crippen molar-refractivity contribution in [2.75, 3.05) is 24.6 Å². The molecule has 0 saturated carbocycles. The number of carbonyl (C=O) groups is 1. The Hall–Kier alpha value is -3.76. The molecule has 2 aromatic heterocycles. The van der Waals surface area contributed by atoms with Gasteiger partial charge in [0.2, 0.25) is 10.0 Å². The number of rotatable bonds is 8. The fourth-order valence-electron chi connectivity index (χ4n) is 6.70. The molecule has 1 unspecified atom stereocenters. The standard InChI is InChI=1S/C33H39N5O4S/c1-5-31-34-35-33-23(4)27(15-17-38(31)33)28(19-32(39)42-6-2)24-14-13-22(3)25(18-24)20-36-21-26-10-9-16-37(26)29-11-7-8-12-30(29)43(36,40)41/h7-8,11-15,17-18,26,28H,5-6,9-10,16,19-21H2,1-4H3/t26-,28?/m1/s1. The van der Waals surface area contributed by atoms with Crippen LogP contribution >= 0.6 is 0 Å². The zero-order chi connectivity index (χ0) is 30.3. The second-order valence-electron chi connectivity index (χ2n) is 11.6. The molecular formula is C33H39N5O4S. The number of nitrogens with zero attached hydrogens (tertiary/aromatic N) is 5. The van der Waals surface area contributed by atoms with Gasteiger partial charge in [0.25, 0.3) is 0 Å². The van der Waals surface area contributed by atoms with Crippen LogP contribution in [-0.4, -0.2) is 59.0 Å². The van der Waals surface area contributed by atoms with Gasteiger partial charge in [0, 0.05) is 44.2 Å². The lowest BCUT2D eigenvalue weighted by Crippen LogP contribution is -2.39. The molecule has 2 aliphatic rings. The molecule has 2 aliphatic heterocycles. The van der Waals surface area contributed by atoms with Crippen LogP contribution in [0.5, 0.6) is 0 Å². The van der Waals surface area contributed by atoms with Crippen molar-refractivity contribution in [3.63, 3.8) is 0 Å². The third-order valence-electron chi connectivity index (χ3n) is 9.01. The van der Waals surface area contributed by atoms with Crippen molar-refractivity contribution in [2.24, 2.45) is 0 Å². The maximum atomic E-state index is 14.0. The Morgan fingerprint density at radius 1 is 1.09 bits per heavy atom. The van der Waals surface area contributed by atoms with E-state index in [-0.39, 0.29) is 30.9 Å². The Kier molecular flexibility index (Phi) is 8.00. The molecule has 4 aromatic rings. The molecule has 4 heterocycles. The van der Waals surface area contributed by atoms with Crippen LogP contribution in [-0.2, 0) is 32.5 Å². The predicted molar refractivity (Wildman–Crippen MR) is 166 cm³/mol. The van der Waals surface area contributed by atoms with Crippen LogP contribution in [0, 0.1) is 13.8 Å². The zero-order valence-corrected chi connectivity index (χ0v) is 26.1. The summed E-state index contributed by atoms with van der Waals surface area (Å²) in [7, 11) is -3.72. The van der Waals surface area contributed by atoms with Gasteiger partial charge in [-0.1, -0.05) is 37.3 Å². The maximum Gasteiger partial charge on any atom is 0.306 e. The van der Waals surface area contributed by atoms with E-state index in [1.807, 2.05) is 68.6 Å². The SMILES string of the molecule is CCOC(=O)CC(c1ccc(C)c(CN2C[C@H]3CCCN3c3ccccc3S2(=O)=O)c1)c1ccn2c(CC)nnc2c1C. The number of aryl methyl sites for hydroxylation is 3. The molecule has 2 aromatic carbocycles. The first kappa shape index (κ1) is 29.3. The molecule has 1 saturated heterocycles. The number of benzene rings is 2. The first-order valence-corrected chi connectivity index (χ1v) is 16.6. The number of para-hydroxylation sites is 1. The highest BCUT2D eigenvalue weighted by molar-refractivity contribution is 7.89. The number of esters is 1. The number of sulfonamides is 1. The Morgan fingerprint density at radius 2 is 1.91 bits per heavy atom. The van der Waals surface area contributed by atoms with Gasteiger partial charge in [-0.3, -0.25) is 9.20 Å². The van der Waals surface area contributed by atoms with Crippen molar-refractivity contribution < 1.29 is 17.9 Å². The first-order chi connectivity index (χ1) is 20.7. The van der Waals surface area contributed by atoms with E-state index in [2.05, 4.69) is 21.2 Å². The van der Waals surface area contributed by atoms with E-state index < -0.39 is 10.0 Å². The van der Waals surface area contributed by atoms with Gasteiger partial charge < -0.3 is 9.64 Å². The minimum absolute atomic E-state index is 0.143. The molecule has 0 spiro atoms. The summed E-state index contributed by atoms with van der Waals surface area (Å²) in [6.45, 7) is 9.75. The number of pyridine rings is 1. The number of carbonyl (C=O) groups excluding carboxylic acids is 1. The second-order valence-corrected chi connectivity index (χ2v) is 13.5. The van der Waals surface area contributed by atoms with Gasteiger partial charge in [0.15, 0.2) is 5.65 Å². The topological polar surface area (TPSA) is 97.1 Å². The van der Waals surface area contributed by atoms with E-state index in [1.165, 1.54) is 0 Å². The van der Waals surface area contributed by atoms with Gasteiger partial charge in [0.05, 0.1) is 18.7 Å². The summed E-state index contributed by atoms with van der Waals surface area (Å²) in [6, 6.07) is 15.7. The molecule has 0 bridgehead atoms. The van der Waals surface area contributed by atoms with Gasteiger partial charge >= 0.3 is 5.97 Å². The van der Waals surface area contributed by atoms with Crippen LogP contribution in [0.15, 0.2) is 59.6 Å². The summed E-state index contributed by atoms with van der Waals surface area (Å²) in [5.41, 5.74) is 6.37. The zero-order valence-electron chi connectivity index (χ0n) is 25.3. The van der Waals surface area contributed by atoms with E-state index in [1.54, 1.807) is 16.4 Å². The number of aromatic nitrogens is 3. The lowest BCUT2D eigenvalue weighted by molar-refractivity contribution is -0.143. The molecule has 9 nitrogen and oxygen atoms in total. The highest BCUT2D eigenvalue weighted by Crippen LogP contribution is 2.38. The average molecular weight is 602 g/mol. The monoisotopic (exact) mass is 601 g/mol. The van der Waals surface area contributed by atoms with Crippen molar-refractivity contribution in [3.05, 3.63) is 88.4 Å². The summed E-state index contributed by atoms with van der Waals surface area (Å²) >= 11 is 0. The minimum atomic E-state index is -3.72. The van der Waals surface area contributed by atoms with E-state index in [0.29, 0.717) is 18.0 Å². The smallest absolute Gasteiger partial charge is 0.306 e. The Bertz CT molecular complexity index is 1780. The number of fused-ring (bicyclic) bond motifs is 4. The van der Waals surface area contributed by atoms with Crippen molar-refractivity contribution in [1.82, 2.24) is 18.9 Å². The molecule has 0 N–H and O–H groups in total. The highest BCUT2D eigenvalue weighted by Gasteiger charge is 2.39. The summed E-state index contributed by atoms with van der Waals surface area (Å²) in [5.74, 6) is 0.305. The van der Waals surface area contributed by atoms with Gasteiger partial charge in [-0.15, -0.1) is 10.2 Å². The normalized spacial score (nSPS) is 18.7. The molecule has 2 atom stereocenters. The lowest BCUT2D eigenvalue weighted by Gasteiger charge is -2.27. The van der Waals surface area contributed by atoms with E-state index >= 15 is 0 Å². The second kappa shape index (κ2) is 11.7. The summed E-state index contributed by atoms with van der Waals surface area (Å²) < 4.78 is 37.1. The summed E-state index contributed by atoms with van der Waals surface area (Å²) in [4.78, 5) is 15.5. The average Bonchev–Trinajstić information content (AvgIpc) is 3.63. The van der Waals surface area contributed by atoms with Crippen LogP contribution in [0.25, 0.3) is 5.65 Å². The number of ether oxygens (including phenoxy) is 1. The van der Waals surface area contributed by atoms with Gasteiger partial charge in [-0.05, 0) is 79.6 Å². The number of hydrogen-bond donors (Lipinski definition) is 0. The minimum Gasteiger partial charge on any atom is -0.466 e. The van der Waals surface area contributed by atoms with Gasteiger partial charge in [0.1, 0.15) is 10.7 Å². The van der Waals surface area contributed by atoms with E-state index in [0.717, 1.165) is 70.8 Å². The Balaban J connectivity index is 1.40. The molecule has 0 aliphatic carbocycles. The summed E-state index contributed by atoms with van der Waals surface area (Å²) in [6.07, 6.45) is 4.90. The fourth-order valence-corrected chi connectivity index (χ4v) is 8.36. The molecule has 0 radical (unpaired) electrons. The van der Waals surface area contributed by atoms with Crippen LogP contribution < -0.4 is 4.90 Å². The van der Waals surface area contributed by atoms with Crippen LogP contribution in [0.4, 0.5) is 5.69 Å². The molecule has 43 heavy (non-hydrogen) atoms. The van der Waals surface area contributed by atoms with Crippen LogP contribution in [0.3, 0.4) is 0 Å². The van der Waals surface area contributed by atoms with E-state index in [4.69, 9.17) is 4.74 Å². The predicted octanol–water partition coefficient (Wildman–Crippen LogP) is 5.17. The molecule has 6 rings (SSSR count). The highest BCUT2D eigenvalue weighted by atomic mass is 32.2. The fraction of sp³-hybridized carbons (Fsp3) is 0.424. The van der Waals surface area contributed by atoms with Crippen molar-refractivity contribution >= 4 is 27.3 Å². The molecule has 0 amide bonds. The maximum absolute atomic E-state index is 14.0. The third-order valence-corrected chi connectivity index (χ3v) is 10.9.